The van der Waals surface area contributed by atoms with Gasteiger partial charge in [-0.25, -0.2) is 18.2 Å². The number of fused-ring (bicyclic) bond motifs is 1. The SMILES string of the molecule is CCC1CCN(c2ccc(-c3cc4cnc(N[C@@H]5CNC[C@@H](F)C5)nc4n(CC)c3=O)c(F)c2F)C1=O. The van der Waals surface area contributed by atoms with Crippen LogP contribution in [0.25, 0.3) is 22.2 Å². The summed E-state index contributed by atoms with van der Waals surface area (Å²) in [5.74, 6) is -2.51. The van der Waals surface area contributed by atoms with Gasteiger partial charge in [-0.2, -0.15) is 4.98 Å². The van der Waals surface area contributed by atoms with E-state index in [0.29, 0.717) is 49.9 Å². The van der Waals surface area contributed by atoms with Crippen LogP contribution in [0.1, 0.15) is 33.1 Å². The van der Waals surface area contributed by atoms with Crippen LogP contribution < -0.4 is 21.1 Å². The fourth-order valence-corrected chi connectivity index (χ4v) is 5.21. The molecule has 2 N–H and O–H groups in total. The number of benzene rings is 1. The molecule has 1 aromatic carbocycles. The highest BCUT2D eigenvalue weighted by Gasteiger charge is 2.34. The zero-order chi connectivity index (χ0) is 26.3. The molecule has 4 heterocycles. The molecule has 5 rings (SSSR count). The lowest BCUT2D eigenvalue weighted by Gasteiger charge is -2.26. The molecule has 0 radical (unpaired) electrons. The van der Waals surface area contributed by atoms with Crippen molar-refractivity contribution >= 4 is 28.6 Å². The lowest BCUT2D eigenvalue weighted by atomic mass is 10.0. The zero-order valence-corrected chi connectivity index (χ0v) is 20.7. The number of hydrogen-bond donors (Lipinski definition) is 2. The number of anilines is 2. The number of nitrogens with one attached hydrogen (secondary N) is 2. The first-order chi connectivity index (χ1) is 17.8. The maximum atomic E-state index is 15.3. The molecule has 3 aromatic rings. The van der Waals surface area contributed by atoms with Crippen LogP contribution in [0.2, 0.25) is 0 Å². The Hall–Kier alpha value is -3.47. The van der Waals surface area contributed by atoms with E-state index in [1.165, 1.54) is 33.9 Å². The molecule has 2 aliphatic heterocycles. The van der Waals surface area contributed by atoms with Crippen molar-refractivity contribution in [1.82, 2.24) is 19.9 Å². The van der Waals surface area contributed by atoms with Crippen LogP contribution in [0.15, 0.2) is 29.2 Å². The van der Waals surface area contributed by atoms with Crippen LogP contribution in [-0.2, 0) is 11.3 Å². The molecule has 2 aromatic heterocycles. The van der Waals surface area contributed by atoms with E-state index in [9.17, 15) is 14.0 Å². The Kier molecular flexibility index (Phi) is 6.89. The van der Waals surface area contributed by atoms with Crippen molar-refractivity contribution in [2.24, 2.45) is 5.92 Å². The third kappa shape index (κ3) is 4.56. The van der Waals surface area contributed by atoms with Crippen LogP contribution in [0.5, 0.6) is 0 Å². The molecule has 11 heteroatoms. The molecule has 0 aliphatic carbocycles. The van der Waals surface area contributed by atoms with Crippen molar-refractivity contribution < 1.29 is 18.0 Å². The van der Waals surface area contributed by atoms with E-state index in [-0.39, 0.29) is 47.2 Å². The number of nitrogens with zero attached hydrogens (tertiary/aromatic N) is 4. The Bertz CT molecular complexity index is 1410. The summed E-state index contributed by atoms with van der Waals surface area (Å²) in [5.41, 5.74) is -0.543. The van der Waals surface area contributed by atoms with E-state index in [4.69, 9.17) is 0 Å². The van der Waals surface area contributed by atoms with Gasteiger partial charge in [-0.05, 0) is 38.0 Å². The first kappa shape index (κ1) is 25.2. The van der Waals surface area contributed by atoms with E-state index >= 15 is 8.78 Å². The number of alkyl halides is 1. The topological polar surface area (TPSA) is 92.2 Å². The molecule has 1 unspecified atom stereocenters. The second-order valence-corrected chi connectivity index (χ2v) is 9.56. The van der Waals surface area contributed by atoms with Gasteiger partial charge in [0.15, 0.2) is 11.6 Å². The van der Waals surface area contributed by atoms with E-state index in [1.807, 2.05) is 6.92 Å². The molecule has 2 aliphatic rings. The van der Waals surface area contributed by atoms with Crippen molar-refractivity contribution in [3.63, 3.8) is 0 Å². The normalized spacial score (nSPS) is 22.1. The quantitative estimate of drug-likeness (QED) is 0.522. The van der Waals surface area contributed by atoms with Gasteiger partial charge in [-0.1, -0.05) is 6.92 Å². The number of piperidine rings is 1. The summed E-state index contributed by atoms with van der Waals surface area (Å²) in [6.45, 7) is 5.06. The summed E-state index contributed by atoms with van der Waals surface area (Å²) in [4.78, 5) is 36.0. The number of rotatable bonds is 6. The van der Waals surface area contributed by atoms with Gasteiger partial charge in [0.25, 0.3) is 5.56 Å². The van der Waals surface area contributed by atoms with Gasteiger partial charge < -0.3 is 15.5 Å². The highest BCUT2D eigenvalue weighted by atomic mass is 19.2. The summed E-state index contributed by atoms with van der Waals surface area (Å²) in [7, 11) is 0. The molecule has 1 amide bonds. The van der Waals surface area contributed by atoms with E-state index in [0.717, 1.165) is 0 Å². The maximum Gasteiger partial charge on any atom is 0.260 e. The number of carbonyl (C=O) groups is 1. The van der Waals surface area contributed by atoms with Crippen LogP contribution in [0.4, 0.5) is 24.8 Å². The van der Waals surface area contributed by atoms with Gasteiger partial charge in [-0.15, -0.1) is 0 Å². The lowest BCUT2D eigenvalue weighted by Crippen LogP contribution is -2.44. The summed E-state index contributed by atoms with van der Waals surface area (Å²) in [6.07, 6.45) is 2.07. The molecule has 8 nitrogen and oxygen atoms in total. The number of carbonyl (C=O) groups excluding carboxylic acids is 1. The number of amides is 1. The van der Waals surface area contributed by atoms with Crippen molar-refractivity contribution in [1.29, 1.82) is 0 Å². The second-order valence-electron chi connectivity index (χ2n) is 9.56. The summed E-state index contributed by atoms with van der Waals surface area (Å²) < 4.78 is 45.6. The summed E-state index contributed by atoms with van der Waals surface area (Å²) in [5, 5.41) is 6.57. The average Bonchev–Trinajstić information content (AvgIpc) is 3.25. The van der Waals surface area contributed by atoms with Gasteiger partial charge in [-0.3, -0.25) is 14.2 Å². The Morgan fingerprint density at radius 1 is 1.14 bits per heavy atom. The maximum absolute atomic E-state index is 15.3. The van der Waals surface area contributed by atoms with Crippen molar-refractivity contribution in [2.45, 2.75) is 51.9 Å². The predicted octanol–water partition coefficient (Wildman–Crippen LogP) is 3.63. The minimum Gasteiger partial charge on any atom is -0.350 e. The van der Waals surface area contributed by atoms with Gasteiger partial charge in [0, 0.05) is 61.7 Å². The van der Waals surface area contributed by atoms with Gasteiger partial charge >= 0.3 is 0 Å². The summed E-state index contributed by atoms with van der Waals surface area (Å²) in [6, 6.07) is 3.93. The Labute approximate surface area is 211 Å². The van der Waals surface area contributed by atoms with Crippen LogP contribution in [0.3, 0.4) is 0 Å². The molecule has 37 heavy (non-hydrogen) atoms. The van der Waals surface area contributed by atoms with Crippen LogP contribution in [0, 0.1) is 17.6 Å². The van der Waals surface area contributed by atoms with Crippen LogP contribution >= 0.6 is 0 Å². The Morgan fingerprint density at radius 2 is 1.95 bits per heavy atom. The van der Waals surface area contributed by atoms with Gasteiger partial charge in [0.2, 0.25) is 11.9 Å². The van der Waals surface area contributed by atoms with Crippen molar-refractivity contribution in [3.8, 4) is 11.1 Å². The highest BCUT2D eigenvalue weighted by Crippen LogP contribution is 2.34. The van der Waals surface area contributed by atoms with Crippen molar-refractivity contribution in [2.75, 3.05) is 29.9 Å². The molecule has 0 saturated carbocycles. The van der Waals surface area contributed by atoms with Gasteiger partial charge in [0.1, 0.15) is 11.8 Å². The predicted molar refractivity (Wildman–Crippen MR) is 135 cm³/mol. The Balaban J connectivity index is 1.52. The molecule has 196 valence electrons. The van der Waals surface area contributed by atoms with E-state index in [1.54, 1.807) is 6.92 Å². The van der Waals surface area contributed by atoms with E-state index in [2.05, 4.69) is 20.6 Å². The average molecular weight is 515 g/mol. The fraction of sp³-hybridized carbons (Fsp3) is 0.462. The van der Waals surface area contributed by atoms with Gasteiger partial charge in [0.05, 0.1) is 11.3 Å². The minimum atomic E-state index is -1.19. The molecule has 3 atom stereocenters. The molecule has 2 fully saturated rings. The number of aryl methyl sites for hydroxylation is 1. The number of aromatic nitrogens is 3. The molecule has 0 bridgehead atoms. The minimum absolute atomic E-state index is 0.0301. The van der Waals surface area contributed by atoms with E-state index < -0.39 is 23.4 Å². The largest absolute Gasteiger partial charge is 0.350 e. The third-order valence-electron chi connectivity index (χ3n) is 7.23. The van der Waals surface area contributed by atoms with Crippen molar-refractivity contribution in [3.05, 3.63) is 46.4 Å². The number of pyridine rings is 1. The summed E-state index contributed by atoms with van der Waals surface area (Å²) >= 11 is 0. The Morgan fingerprint density at radius 3 is 2.65 bits per heavy atom. The van der Waals surface area contributed by atoms with Crippen LogP contribution in [-0.4, -0.2) is 52.3 Å². The smallest absolute Gasteiger partial charge is 0.260 e. The first-order valence-electron chi connectivity index (χ1n) is 12.6. The highest BCUT2D eigenvalue weighted by molar-refractivity contribution is 5.97. The zero-order valence-electron chi connectivity index (χ0n) is 20.7. The standard InChI is InChI=1S/C26H29F3N6O2/c1-3-14-7-8-35(24(14)36)20-6-5-18(21(28)22(20)29)19-9-15-11-31-26(32-17-10-16(27)12-30-13-17)33-23(15)34(4-2)25(19)37/h5-6,9,11,14,16-17,30H,3-4,7-8,10,12-13H2,1-2H3,(H,31,32,33)/t14?,16-,17-/m0/s1. The number of halogens is 3. The third-order valence-corrected chi connectivity index (χ3v) is 7.23. The first-order valence-corrected chi connectivity index (χ1v) is 12.6. The lowest BCUT2D eigenvalue weighted by molar-refractivity contribution is -0.120. The molecular weight excluding hydrogens is 485 g/mol. The molecule has 2 saturated heterocycles. The number of hydrogen-bond acceptors (Lipinski definition) is 6. The monoisotopic (exact) mass is 514 g/mol. The molecular formula is C26H29F3N6O2. The molecule has 0 spiro atoms. The second kappa shape index (κ2) is 10.1. The fourth-order valence-electron chi connectivity index (χ4n) is 5.21.